The minimum atomic E-state index is -0.232. The molecule has 8 nitrogen and oxygen atoms in total. The normalized spacial score (nSPS) is 12.2. The lowest BCUT2D eigenvalue weighted by Crippen LogP contribution is -2.27. The van der Waals surface area contributed by atoms with Crippen molar-refractivity contribution in [1.29, 1.82) is 0 Å². The topological polar surface area (TPSA) is 86.9 Å². The van der Waals surface area contributed by atoms with Crippen LogP contribution in [0.25, 0.3) is 22.3 Å². The van der Waals surface area contributed by atoms with Crippen molar-refractivity contribution in [2.45, 2.75) is 33.4 Å². The summed E-state index contributed by atoms with van der Waals surface area (Å²) >= 11 is 0. The molecule has 1 atom stereocenters. The third-order valence-corrected chi connectivity index (χ3v) is 5.38. The summed E-state index contributed by atoms with van der Waals surface area (Å²) in [6, 6.07) is 11.1. The Labute approximate surface area is 180 Å². The Bertz CT molecular complexity index is 1240. The monoisotopic (exact) mass is 418 g/mol. The van der Waals surface area contributed by atoms with E-state index in [1.54, 1.807) is 11.8 Å². The molecule has 1 amide bonds. The Morgan fingerprint density at radius 2 is 1.94 bits per heavy atom. The molecule has 1 aromatic carbocycles. The summed E-state index contributed by atoms with van der Waals surface area (Å²) in [4.78, 5) is 18.1. The van der Waals surface area contributed by atoms with Gasteiger partial charge in [-0.1, -0.05) is 0 Å². The Hall–Kier alpha value is -3.68. The molecule has 0 radical (unpaired) electrons. The summed E-state index contributed by atoms with van der Waals surface area (Å²) in [5.41, 5.74) is 4.39. The SMILES string of the molecule is CCn1ccc([C@H](C)NC(=O)c2cc(-c3ccc(OC)cc3)nc3c2c(C)nn3C)n1. The minimum Gasteiger partial charge on any atom is -0.497 e. The van der Waals surface area contributed by atoms with Gasteiger partial charge in [0.15, 0.2) is 5.65 Å². The second-order valence-corrected chi connectivity index (χ2v) is 7.48. The summed E-state index contributed by atoms with van der Waals surface area (Å²) in [6.07, 6.45) is 1.91. The van der Waals surface area contributed by atoms with E-state index in [0.717, 1.165) is 34.6 Å². The lowest BCUT2D eigenvalue weighted by atomic mass is 10.0. The van der Waals surface area contributed by atoms with Crippen LogP contribution in [0, 0.1) is 6.92 Å². The molecule has 0 fully saturated rings. The fraction of sp³-hybridized carbons (Fsp3) is 0.304. The first-order chi connectivity index (χ1) is 14.9. The number of methoxy groups -OCH3 is 1. The molecular weight excluding hydrogens is 392 g/mol. The zero-order valence-corrected chi connectivity index (χ0v) is 18.4. The van der Waals surface area contributed by atoms with Gasteiger partial charge in [-0.05, 0) is 57.2 Å². The van der Waals surface area contributed by atoms with E-state index in [4.69, 9.17) is 9.72 Å². The Morgan fingerprint density at radius 1 is 1.19 bits per heavy atom. The van der Waals surface area contributed by atoms with E-state index in [1.165, 1.54) is 0 Å². The van der Waals surface area contributed by atoms with Gasteiger partial charge in [0, 0.05) is 25.4 Å². The molecule has 4 aromatic rings. The maximum absolute atomic E-state index is 13.3. The molecule has 0 aliphatic rings. The number of rotatable bonds is 6. The highest BCUT2D eigenvalue weighted by atomic mass is 16.5. The maximum atomic E-state index is 13.3. The number of carbonyl (C=O) groups is 1. The lowest BCUT2D eigenvalue weighted by molar-refractivity contribution is 0.0940. The number of hydrogen-bond acceptors (Lipinski definition) is 5. The van der Waals surface area contributed by atoms with Crippen LogP contribution in [0.3, 0.4) is 0 Å². The zero-order valence-electron chi connectivity index (χ0n) is 18.4. The van der Waals surface area contributed by atoms with Crippen molar-refractivity contribution in [2.75, 3.05) is 7.11 Å². The number of hydrogen-bond donors (Lipinski definition) is 1. The van der Waals surface area contributed by atoms with Crippen LogP contribution in [0.15, 0.2) is 42.6 Å². The van der Waals surface area contributed by atoms with Gasteiger partial charge in [-0.3, -0.25) is 14.2 Å². The summed E-state index contributed by atoms with van der Waals surface area (Å²) in [6.45, 7) is 6.63. The van der Waals surface area contributed by atoms with Gasteiger partial charge in [0.2, 0.25) is 0 Å². The average molecular weight is 419 g/mol. The van der Waals surface area contributed by atoms with Gasteiger partial charge >= 0.3 is 0 Å². The highest BCUT2D eigenvalue weighted by Crippen LogP contribution is 2.28. The quantitative estimate of drug-likeness (QED) is 0.516. The van der Waals surface area contributed by atoms with Gasteiger partial charge in [-0.15, -0.1) is 0 Å². The molecule has 0 saturated carbocycles. The predicted molar refractivity (Wildman–Crippen MR) is 119 cm³/mol. The smallest absolute Gasteiger partial charge is 0.252 e. The molecule has 0 spiro atoms. The number of nitrogens with one attached hydrogen (secondary N) is 1. The second-order valence-electron chi connectivity index (χ2n) is 7.48. The predicted octanol–water partition coefficient (Wildman–Crippen LogP) is 3.66. The van der Waals surface area contributed by atoms with Gasteiger partial charge in [-0.2, -0.15) is 10.2 Å². The third kappa shape index (κ3) is 3.88. The minimum absolute atomic E-state index is 0.184. The van der Waals surface area contributed by atoms with Crippen LogP contribution in [0.1, 0.15) is 41.6 Å². The molecule has 31 heavy (non-hydrogen) atoms. The van der Waals surface area contributed by atoms with Crippen LogP contribution in [0.5, 0.6) is 5.75 Å². The number of carbonyl (C=O) groups excluding carboxylic acids is 1. The van der Waals surface area contributed by atoms with Crippen LogP contribution in [-0.4, -0.2) is 37.6 Å². The van der Waals surface area contributed by atoms with E-state index in [2.05, 4.69) is 15.5 Å². The van der Waals surface area contributed by atoms with Crippen molar-refractivity contribution in [2.24, 2.45) is 7.05 Å². The fourth-order valence-corrected chi connectivity index (χ4v) is 3.67. The second kappa shape index (κ2) is 8.22. The van der Waals surface area contributed by atoms with Crippen LogP contribution >= 0.6 is 0 Å². The average Bonchev–Trinajstić information content (AvgIpc) is 3.38. The number of pyridine rings is 1. The van der Waals surface area contributed by atoms with Crippen LogP contribution in [0.2, 0.25) is 0 Å². The van der Waals surface area contributed by atoms with Gasteiger partial charge in [0.1, 0.15) is 5.75 Å². The van der Waals surface area contributed by atoms with Gasteiger partial charge < -0.3 is 10.1 Å². The third-order valence-electron chi connectivity index (χ3n) is 5.38. The van der Waals surface area contributed by atoms with E-state index in [1.807, 2.05) is 75.1 Å². The number of aromatic nitrogens is 5. The molecule has 3 aromatic heterocycles. The van der Waals surface area contributed by atoms with Crippen LogP contribution in [0.4, 0.5) is 0 Å². The number of benzene rings is 1. The first-order valence-corrected chi connectivity index (χ1v) is 10.2. The molecule has 4 rings (SSSR count). The standard InChI is InChI=1S/C23H26N6O2/c1-6-29-12-11-19(27-29)14(2)24-23(30)18-13-20(16-7-9-17(31-5)10-8-16)25-22-21(18)15(3)26-28(22)4/h7-14H,6H2,1-5H3,(H,24,30)/t14-/m0/s1. The molecule has 3 heterocycles. The first kappa shape index (κ1) is 20.6. The Morgan fingerprint density at radius 3 is 2.58 bits per heavy atom. The molecular formula is C23H26N6O2. The Balaban J connectivity index is 1.75. The van der Waals surface area contributed by atoms with Crippen LogP contribution in [-0.2, 0) is 13.6 Å². The van der Waals surface area contributed by atoms with Crippen molar-refractivity contribution in [3.8, 4) is 17.0 Å². The van der Waals surface area contributed by atoms with Crippen molar-refractivity contribution in [3.63, 3.8) is 0 Å². The summed E-state index contributed by atoms with van der Waals surface area (Å²) < 4.78 is 8.80. The number of ether oxygens (including phenoxy) is 1. The number of amides is 1. The summed E-state index contributed by atoms with van der Waals surface area (Å²) in [5.74, 6) is 0.580. The molecule has 0 aliphatic carbocycles. The van der Waals surface area contributed by atoms with E-state index in [0.29, 0.717) is 16.9 Å². The van der Waals surface area contributed by atoms with E-state index < -0.39 is 0 Å². The fourth-order valence-electron chi connectivity index (χ4n) is 3.67. The highest BCUT2D eigenvalue weighted by Gasteiger charge is 2.21. The van der Waals surface area contributed by atoms with E-state index in [-0.39, 0.29) is 11.9 Å². The van der Waals surface area contributed by atoms with Crippen molar-refractivity contribution < 1.29 is 9.53 Å². The highest BCUT2D eigenvalue weighted by molar-refractivity contribution is 6.07. The van der Waals surface area contributed by atoms with Gasteiger partial charge in [-0.25, -0.2) is 4.98 Å². The molecule has 0 bridgehead atoms. The number of nitrogens with zero attached hydrogens (tertiary/aromatic N) is 5. The van der Waals surface area contributed by atoms with Crippen molar-refractivity contribution in [3.05, 3.63) is 59.5 Å². The number of fused-ring (bicyclic) bond motifs is 1. The summed E-state index contributed by atoms with van der Waals surface area (Å²) in [7, 11) is 3.47. The van der Waals surface area contributed by atoms with Gasteiger partial charge in [0.05, 0.1) is 41.2 Å². The lowest BCUT2D eigenvalue weighted by Gasteiger charge is -2.14. The molecule has 1 N–H and O–H groups in total. The zero-order chi connectivity index (χ0) is 22.1. The number of aryl methyl sites for hydroxylation is 3. The molecule has 0 saturated heterocycles. The molecule has 0 unspecified atom stereocenters. The van der Waals surface area contributed by atoms with Crippen molar-refractivity contribution >= 4 is 16.9 Å². The maximum Gasteiger partial charge on any atom is 0.252 e. The van der Waals surface area contributed by atoms with Crippen LogP contribution < -0.4 is 10.1 Å². The van der Waals surface area contributed by atoms with Gasteiger partial charge in [0.25, 0.3) is 5.91 Å². The van der Waals surface area contributed by atoms with E-state index >= 15 is 0 Å². The largest absolute Gasteiger partial charge is 0.497 e. The molecule has 0 aliphatic heterocycles. The van der Waals surface area contributed by atoms with Crippen molar-refractivity contribution in [1.82, 2.24) is 29.9 Å². The first-order valence-electron chi connectivity index (χ1n) is 10.2. The van der Waals surface area contributed by atoms with E-state index in [9.17, 15) is 4.79 Å². The molecule has 8 heteroatoms. The molecule has 160 valence electrons. The summed E-state index contributed by atoms with van der Waals surface area (Å²) in [5, 5.41) is 12.8. The Kier molecular flexibility index (Phi) is 5.46.